The number of hydrogen-bond acceptors (Lipinski definition) is 3. The van der Waals surface area contributed by atoms with E-state index < -0.39 is 5.97 Å². The first kappa shape index (κ1) is 21.6. The molecule has 0 radical (unpaired) electrons. The second-order valence-corrected chi connectivity index (χ2v) is 6.01. The SMILES string of the molecule is C=CCCCCCCCCCCCCCC(OC)(OC)OC. The molecule has 0 fully saturated rings. The highest BCUT2D eigenvalue weighted by Gasteiger charge is 2.28. The van der Waals surface area contributed by atoms with E-state index in [2.05, 4.69) is 6.58 Å². The molecule has 0 bridgehead atoms. The molecule has 0 atom stereocenters. The second kappa shape index (κ2) is 15.5. The topological polar surface area (TPSA) is 27.7 Å². The molecule has 0 N–H and O–H groups in total. The van der Waals surface area contributed by atoms with Gasteiger partial charge in [0.1, 0.15) is 0 Å². The first-order valence-electron chi connectivity index (χ1n) is 9.01. The number of allylic oxidation sites excluding steroid dienone is 1. The molecule has 0 aromatic carbocycles. The van der Waals surface area contributed by atoms with E-state index in [4.69, 9.17) is 14.2 Å². The van der Waals surface area contributed by atoms with Gasteiger partial charge in [-0.15, -0.1) is 6.58 Å². The zero-order chi connectivity index (χ0) is 16.5. The van der Waals surface area contributed by atoms with Crippen LogP contribution in [0.15, 0.2) is 12.7 Å². The third-order valence-electron chi connectivity index (χ3n) is 4.32. The minimum atomic E-state index is -0.842. The molecule has 3 nitrogen and oxygen atoms in total. The maximum absolute atomic E-state index is 5.29. The van der Waals surface area contributed by atoms with Gasteiger partial charge in [0.05, 0.1) is 0 Å². The van der Waals surface area contributed by atoms with Crippen molar-refractivity contribution < 1.29 is 14.2 Å². The van der Waals surface area contributed by atoms with Gasteiger partial charge in [0.2, 0.25) is 0 Å². The Bertz CT molecular complexity index is 229. The monoisotopic (exact) mass is 314 g/mol. The van der Waals surface area contributed by atoms with Gasteiger partial charge in [0, 0.05) is 27.8 Å². The van der Waals surface area contributed by atoms with E-state index in [1.54, 1.807) is 21.3 Å². The lowest BCUT2D eigenvalue weighted by Gasteiger charge is -2.28. The second-order valence-electron chi connectivity index (χ2n) is 6.01. The van der Waals surface area contributed by atoms with Gasteiger partial charge >= 0.3 is 0 Å². The van der Waals surface area contributed by atoms with E-state index >= 15 is 0 Å². The maximum Gasteiger partial charge on any atom is 0.282 e. The van der Waals surface area contributed by atoms with Gasteiger partial charge < -0.3 is 14.2 Å². The van der Waals surface area contributed by atoms with Crippen LogP contribution in [0, 0.1) is 0 Å². The van der Waals surface area contributed by atoms with Crippen LogP contribution >= 0.6 is 0 Å². The van der Waals surface area contributed by atoms with E-state index in [1.807, 2.05) is 6.08 Å². The summed E-state index contributed by atoms with van der Waals surface area (Å²) < 4.78 is 15.9. The van der Waals surface area contributed by atoms with Gasteiger partial charge in [-0.05, 0) is 19.3 Å². The van der Waals surface area contributed by atoms with Crippen molar-refractivity contribution in [2.24, 2.45) is 0 Å². The predicted octanol–water partition coefficient (Wildman–Crippen LogP) is 5.84. The summed E-state index contributed by atoms with van der Waals surface area (Å²) in [6, 6.07) is 0. The van der Waals surface area contributed by atoms with Gasteiger partial charge in [-0.25, -0.2) is 0 Å². The number of rotatable bonds is 17. The van der Waals surface area contributed by atoms with Gasteiger partial charge in [-0.2, -0.15) is 0 Å². The Morgan fingerprint density at radius 2 is 1.00 bits per heavy atom. The molecule has 0 aromatic rings. The van der Waals surface area contributed by atoms with Crippen molar-refractivity contribution >= 4 is 0 Å². The Labute approximate surface area is 138 Å². The first-order chi connectivity index (χ1) is 10.7. The normalized spacial score (nSPS) is 11.8. The number of hydrogen-bond donors (Lipinski definition) is 0. The molecule has 0 unspecified atom stereocenters. The molecule has 0 saturated heterocycles. The molecule has 0 aliphatic heterocycles. The molecule has 0 aliphatic rings. The number of unbranched alkanes of at least 4 members (excludes halogenated alkanes) is 11. The minimum absolute atomic E-state index is 0.793. The Morgan fingerprint density at radius 3 is 1.36 bits per heavy atom. The molecule has 0 saturated carbocycles. The summed E-state index contributed by atoms with van der Waals surface area (Å²) in [5.74, 6) is -0.842. The molecule has 22 heavy (non-hydrogen) atoms. The standard InChI is InChI=1S/C19H38O3/c1-5-6-7-8-9-10-11-12-13-14-15-16-17-18-19(20-2,21-3)22-4/h5H,1,6-18H2,2-4H3. The van der Waals surface area contributed by atoms with Gasteiger partial charge in [-0.3, -0.25) is 0 Å². The van der Waals surface area contributed by atoms with Crippen molar-refractivity contribution in [1.82, 2.24) is 0 Å². The average Bonchev–Trinajstić information content (AvgIpc) is 2.56. The summed E-state index contributed by atoms with van der Waals surface area (Å²) in [5.41, 5.74) is 0. The smallest absolute Gasteiger partial charge is 0.282 e. The third kappa shape index (κ3) is 11.2. The molecular formula is C19H38O3. The van der Waals surface area contributed by atoms with Gasteiger partial charge in [-0.1, -0.05) is 63.9 Å². The van der Waals surface area contributed by atoms with Crippen LogP contribution in [0.5, 0.6) is 0 Å². The fraction of sp³-hybridized carbons (Fsp3) is 0.895. The number of methoxy groups -OCH3 is 3. The molecule has 0 rings (SSSR count). The Morgan fingerprint density at radius 1 is 0.636 bits per heavy atom. The van der Waals surface area contributed by atoms with Crippen molar-refractivity contribution in [3.8, 4) is 0 Å². The van der Waals surface area contributed by atoms with Crippen molar-refractivity contribution in [1.29, 1.82) is 0 Å². The summed E-state index contributed by atoms with van der Waals surface area (Å²) >= 11 is 0. The van der Waals surface area contributed by atoms with E-state index in [1.165, 1.54) is 70.6 Å². The van der Waals surface area contributed by atoms with E-state index in [0.717, 1.165) is 12.8 Å². The summed E-state index contributed by atoms with van der Waals surface area (Å²) in [6.07, 6.45) is 18.6. The molecule has 3 heteroatoms. The summed E-state index contributed by atoms with van der Waals surface area (Å²) in [5, 5.41) is 0. The molecule has 0 amide bonds. The Kier molecular flexibility index (Phi) is 15.2. The lowest BCUT2D eigenvalue weighted by atomic mass is 10.0. The lowest BCUT2D eigenvalue weighted by Crippen LogP contribution is -2.35. The lowest BCUT2D eigenvalue weighted by molar-refractivity contribution is -0.355. The van der Waals surface area contributed by atoms with Gasteiger partial charge in [0.25, 0.3) is 5.97 Å². The summed E-state index contributed by atoms with van der Waals surface area (Å²) in [7, 11) is 4.89. The highest BCUT2D eigenvalue weighted by Crippen LogP contribution is 2.21. The zero-order valence-electron chi connectivity index (χ0n) is 15.2. The van der Waals surface area contributed by atoms with Crippen LogP contribution < -0.4 is 0 Å². The molecular weight excluding hydrogens is 276 g/mol. The fourth-order valence-corrected chi connectivity index (χ4v) is 2.78. The van der Waals surface area contributed by atoms with Crippen LogP contribution in [0.2, 0.25) is 0 Å². The van der Waals surface area contributed by atoms with Crippen LogP contribution in [0.1, 0.15) is 83.5 Å². The van der Waals surface area contributed by atoms with Crippen molar-refractivity contribution in [2.45, 2.75) is 89.4 Å². The van der Waals surface area contributed by atoms with E-state index in [9.17, 15) is 0 Å². The molecule has 132 valence electrons. The molecule has 0 aromatic heterocycles. The largest absolute Gasteiger partial charge is 0.331 e. The number of ether oxygens (including phenoxy) is 3. The third-order valence-corrected chi connectivity index (χ3v) is 4.32. The Balaban J connectivity index is 3.28. The first-order valence-corrected chi connectivity index (χ1v) is 9.01. The van der Waals surface area contributed by atoms with Crippen LogP contribution in [-0.4, -0.2) is 27.3 Å². The zero-order valence-corrected chi connectivity index (χ0v) is 15.2. The Hall–Kier alpha value is -0.380. The molecule has 0 aliphatic carbocycles. The predicted molar refractivity (Wildman–Crippen MR) is 94.0 cm³/mol. The van der Waals surface area contributed by atoms with Crippen LogP contribution in [0.25, 0.3) is 0 Å². The quantitative estimate of drug-likeness (QED) is 0.192. The van der Waals surface area contributed by atoms with Crippen molar-refractivity contribution in [3.63, 3.8) is 0 Å². The van der Waals surface area contributed by atoms with E-state index in [-0.39, 0.29) is 0 Å². The highest BCUT2D eigenvalue weighted by atomic mass is 16.9. The summed E-state index contributed by atoms with van der Waals surface area (Å²) in [4.78, 5) is 0. The highest BCUT2D eigenvalue weighted by molar-refractivity contribution is 4.65. The van der Waals surface area contributed by atoms with Crippen molar-refractivity contribution in [2.75, 3.05) is 21.3 Å². The fourth-order valence-electron chi connectivity index (χ4n) is 2.78. The van der Waals surface area contributed by atoms with E-state index in [0.29, 0.717) is 0 Å². The molecule has 0 spiro atoms. The van der Waals surface area contributed by atoms with Crippen LogP contribution in [-0.2, 0) is 14.2 Å². The summed E-state index contributed by atoms with van der Waals surface area (Å²) in [6.45, 7) is 3.76. The molecule has 0 heterocycles. The minimum Gasteiger partial charge on any atom is -0.331 e. The average molecular weight is 315 g/mol. The maximum atomic E-state index is 5.29. The van der Waals surface area contributed by atoms with Gasteiger partial charge in [0.15, 0.2) is 0 Å². The van der Waals surface area contributed by atoms with Crippen LogP contribution in [0.4, 0.5) is 0 Å². The van der Waals surface area contributed by atoms with Crippen LogP contribution in [0.3, 0.4) is 0 Å². The van der Waals surface area contributed by atoms with Crippen molar-refractivity contribution in [3.05, 3.63) is 12.7 Å².